The molecule has 3 rings (SSSR count). The highest BCUT2D eigenvalue weighted by Crippen LogP contribution is 2.36. The Morgan fingerprint density at radius 2 is 1.75 bits per heavy atom. The highest BCUT2D eigenvalue weighted by atomic mass is 16.5. The van der Waals surface area contributed by atoms with Crippen molar-refractivity contribution >= 4 is 11.8 Å². The van der Waals surface area contributed by atoms with E-state index in [0.29, 0.717) is 35.8 Å². The molecule has 2 aromatic rings. The molecule has 0 aromatic heterocycles. The minimum Gasteiger partial charge on any atom is -0.493 e. The van der Waals surface area contributed by atoms with Gasteiger partial charge in [-0.25, -0.2) is 4.79 Å². The third-order valence-corrected chi connectivity index (χ3v) is 5.50. The fourth-order valence-corrected chi connectivity index (χ4v) is 3.22. The SMILES string of the molecule is CCc1ccc(OC(C)CCOc2ccc(OC(C)(C)C(=O)O)cc2)c(C(=O)C2CC2)c1. The number of hydrogen-bond acceptors (Lipinski definition) is 5. The zero-order chi connectivity index (χ0) is 23.3. The van der Waals surface area contributed by atoms with Gasteiger partial charge in [-0.1, -0.05) is 13.0 Å². The highest BCUT2D eigenvalue weighted by molar-refractivity contribution is 6.01. The molecule has 172 valence electrons. The average molecular weight is 441 g/mol. The summed E-state index contributed by atoms with van der Waals surface area (Å²) >= 11 is 0. The summed E-state index contributed by atoms with van der Waals surface area (Å²) in [5.41, 5.74) is 0.528. The van der Waals surface area contributed by atoms with Gasteiger partial charge in [-0.3, -0.25) is 4.79 Å². The molecule has 1 unspecified atom stereocenters. The van der Waals surface area contributed by atoms with Crippen molar-refractivity contribution in [1.82, 2.24) is 0 Å². The molecule has 1 atom stereocenters. The predicted octanol–water partition coefficient (Wildman–Crippen LogP) is 5.32. The van der Waals surface area contributed by atoms with Crippen molar-refractivity contribution < 1.29 is 28.9 Å². The third kappa shape index (κ3) is 6.25. The lowest BCUT2D eigenvalue weighted by molar-refractivity contribution is -0.152. The Labute approximate surface area is 189 Å². The van der Waals surface area contributed by atoms with Crippen molar-refractivity contribution in [3.8, 4) is 17.2 Å². The number of carboxylic acids is 1. The molecule has 0 amide bonds. The van der Waals surface area contributed by atoms with Crippen molar-refractivity contribution in [2.75, 3.05) is 6.61 Å². The number of aliphatic carboxylic acids is 1. The predicted molar refractivity (Wildman–Crippen MR) is 122 cm³/mol. The van der Waals surface area contributed by atoms with E-state index in [1.165, 1.54) is 13.8 Å². The maximum Gasteiger partial charge on any atom is 0.347 e. The first-order chi connectivity index (χ1) is 15.2. The van der Waals surface area contributed by atoms with Crippen molar-refractivity contribution in [3.63, 3.8) is 0 Å². The lowest BCUT2D eigenvalue weighted by Crippen LogP contribution is -2.37. The number of aryl methyl sites for hydroxylation is 1. The number of benzene rings is 2. The molecule has 1 fully saturated rings. The van der Waals surface area contributed by atoms with Crippen LogP contribution < -0.4 is 14.2 Å². The first kappa shape index (κ1) is 23.6. The number of carboxylic acid groups (broad SMARTS) is 1. The number of hydrogen-bond donors (Lipinski definition) is 1. The molecule has 1 aliphatic rings. The monoisotopic (exact) mass is 440 g/mol. The minimum absolute atomic E-state index is 0.118. The largest absolute Gasteiger partial charge is 0.493 e. The number of carbonyl (C=O) groups excluding carboxylic acids is 1. The summed E-state index contributed by atoms with van der Waals surface area (Å²) in [5, 5.41) is 9.15. The van der Waals surface area contributed by atoms with Gasteiger partial charge in [0.1, 0.15) is 17.2 Å². The van der Waals surface area contributed by atoms with E-state index in [4.69, 9.17) is 19.3 Å². The van der Waals surface area contributed by atoms with Crippen molar-refractivity contribution in [1.29, 1.82) is 0 Å². The lowest BCUT2D eigenvalue weighted by Gasteiger charge is -2.21. The van der Waals surface area contributed by atoms with Gasteiger partial charge in [0.15, 0.2) is 11.4 Å². The average Bonchev–Trinajstić information content (AvgIpc) is 3.60. The summed E-state index contributed by atoms with van der Waals surface area (Å²) in [6.07, 6.45) is 3.35. The van der Waals surface area contributed by atoms with Gasteiger partial charge >= 0.3 is 5.97 Å². The van der Waals surface area contributed by atoms with Crippen molar-refractivity contribution in [2.24, 2.45) is 5.92 Å². The Hall–Kier alpha value is -3.02. The molecule has 0 bridgehead atoms. The van der Waals surface area contributed by atoms with Crippen molar-refractivity contribution in [3.05, 3.63) is 53.6 Å². The number of rotatable bonds is 12. The topological polar surface area (TPSA) is 82.1 Å². The summed E-state index contributed by atoms with van der Waals surface area (Å²) < 4.78 is 17.4. The van der Waals surface area contributed by atoms with E-state index in [-0.39, 0.29) is 17.8 Å². The van der Waals surface area contributed by atoms with Crippen LogP contribution in [0.5, 0.6) is 17.2 Å². The molecule has 1 N–H and O–H groups in total. The molecule has 6 nitrogen and oxygen atoms in total. The standard InChI is InChI=1S/C26H32O6/c1-5-18-6-13-23(22(16-18)24(27)19-7-8-19)31-17(2)14-15-30-20-9-11-21(12-10-20)32-26(3,4)25(28)29/h6,9-13,16-17,19H,5,7-8,14-15H2,1-4H3,(H,28,29). The number of ether oxygens (including phenoxy) is 3. The zero-order valence-corrected chi connectivity index (χ0v) is 19.2. The zero-order valence-electron chi connectivity index (χ0n) is 19.2. The molecular weight excluding hydrogens is 408 g/mol. The molecule has 0 spiro atoms. The molecule has 1 aliphatic carbocycles. The second-order valence-corrected chi connectivity index (χ2v) is 8.78. The number of ketones is 1. The van der Waals surface area contributed by atoms with E-state index in [9.17, 15) is 9.59 Å². The number of carbonyl (C=O) groups is 2. The number of Topliss-reactive ketones (excluding diaryl/α,β-unsaturated/α-hetero) is 1. The van der Waals surface area contributed by atoms with Gasteiger partial charge in [0.25, 0.3) is 0 Å². The lowest BCUT2D eigenvalue weighted by atomic mass is 10.0. The molecule has 1 saturated carbocycles. The Morgan fingerprint density at radius 3 is 2.34 bits per heavy atom. The van der Waals surface area contributed by atoms with Gasteiger partial charge < -0.3 is 19.3 Å². The van der Waals surface area contributed by atoms with Gasteiger partial charge in [-0.15, -0.1) is 0 Å². The van der Waals surface area contributed by atoms with E-state index < -0.39 is 11.6 Å². The maximum absolute atomic E-state index is 12.7. The van der Waals surface area contributed by atoms with Crippen LogP contribution >= 0.6 is 0 Å². The summed E-state index contributed by atoms with van der Waals surface area (Å²) in [6, 6.07) is 12.7. The van der Waals surface area contributed by atoms with Crippen LogP contribution in [0.2, 0.25) is 0 Å². The van der Waals surface area contributed by atoms with E-state index in [2.05, 4.69) is 6.92 Å². The molecule has 32 heavy (non-hydrogen) atoms. The second-order valence-electron chi connectivity index (χ2n) is 8.78. The molecule has 0 saturated heterocycles. The van der Waals surface area contributed by atoms with Gasteiger partial charge in [0.2, 0.25) is 0 Å². The van der Waals surface area contributed by atoms with Gasteiger partial charge in [0.05, 0.1) is 18.3 Å². The van der Waals surface area contributed by atoms with Crippen LogP contribution in [0.15, 0.2) is 42.5 Å². The van der Waals surface area contributed by atoms with Crippen LogP contribution in [-0.2, 0) is 11.2 Å². The normalized spacial score (nSPS) is 14.5. The summed E-state index contributed by atoms with van der Waals surface area (Å²) in [5.74, 6) is 1.08. The molecule has 0 heterocycles. The van der Waals surface area contributed by atoms with Crippen LogP contribution in [0, 0.1) is 5.92 Å². The summed E-state index contributed by atoms with van der Waals surface area (Å²) in [4.78, 5) is 23.9. The van der Waals surface area contributed by atoms with Crippen LogP contribution in [0.3, 0.4) is 0 Å². The second kappa shape index (κ2) is 10.1. The Kier molecular flexibility index (Phi) is 7.44. The molecule has 0 radical (unpaired) electrons. The van der Waals surface area contributed by atoms with E-state index in [1.54, 1.807) is 24.3 Å². The van der Waals surface area contributed by atoms with E-state index in [1.807, 2.05) is 25.1 Å². The first-order valence-corrected chi connectivity index (χ1v) is 11.2. The summed E-state index contributed by atoms with van der Waals surface area (Å²) in [7, 11) is 0. The summed E-state index contributed by atoms with van der Waals surface area (Å²) in [6.45, 7) is 7.49. The van der Waals surface area contributed by atoms with E-state index in [0.717, 1.165) is 24.8 Å². The maximum atomic E-state index is 12.7. The highest BCUT2D eigenvalue weighted by Gasteiger charge is 2.32. The molecular formula is C26H32O6. The Balaban J connectivity index is 1.52. The fraction of sp³-hybridized carbons (Fsp3) is 0.462. The van der Waals surface area contributed by atoms with Crippen LogP contribution in [0.25, 0.3) is 0 Å². The Bertz CT molecular complexity index is 943. The molecule has 6 heteroatoms. The van der Waals surface area contributed by atoms with Gasteiger partial charge in [-0.2, -0.15) is 0 Å². The fourth-order valence-electron chi connectivity index (χ4n) is 3.22. The Morgan fingerprint density at radius 1 is 1.09 bits per heavy atom. The smallest absolute Gasteiger partial charge is 0.347 e. The quantitative estimate of drug-likeness (QED) is 0.450. The minimum atomic E-state index is -1.30. The van der Waals surface area contributed by atoms with E-state index >= 15 is 0 Å². The molecule has 0 aliphatic heterocycles. The van der Waals surface area contributed by atoms with Gasteiger partial charge in [0, 0.05) is 12.3 Å². The molecule has 2 aromatic carbocycles. The first-order valence-electron chi connectivity index (χ1n) is 11.2. The van der Waals surface area contributed by atoms with Crippen molar-refractivity contribution in [2.45, 2.75) is 65.1 Å². The third-order valence-electron chi connectivity index (χ3n) is 5.50. The van der Waals surface area contributed by atoms with Crippen LogP contribution in [0.4, 0.5) is 0 Å². The van der Waals surface area contributed by atoms with Crippen LogP contribution in [-0.4, -0.2) is 35.2 Å². The van der Waals surface area contributed by atoms with Crippen LogP contribution in [0.1, 0.15) is 62.9 Å². The van der Waals surface area contributed by atoms with Gasteiger partial charge in [-0.05, 0) is 82.0 Å².